The van der Waals surface area contributed by atoms with Crippen molar-refractivity contribution in [1.82, 2.24) is 14.9 Å². The van der Waals surface area contributed by atoms with Crippen molar-refractivity contribution in [3.8, 4) is 0 Å². The summed E-state index contributed by atoms with van der Waals surface area (Å²) in [6.45, 7) is 4.10. The van der Waals surface area contributed by atoms with Crippen LogP contribution in [0.15, 0.2) is 36.7 Å². The summed E-state index contributed by atoms with van der Waals surface area (Å²) in [5.74, 6) is -1.19. The number of nitrogens with zero attached hydrogens (tertiary/aromatic N) is 4. The van der Waals surface area contributed by atoms with Crippen LogP contribution in [-0.2, 0) is 4.79 Å². The second-order valence-electron chi connectivity index (χ2n) is 7.02. The Morgan fingerprint density at radius 2 is 1.68 bits per heavy atom. The molecule has 1 aliphatic heterocycles. The molecule has 0 spiro atoms. The molecule has 0 radical (unpaired) electrons. The number of rotatable bonds is 8. The molecule has 150 valence electrons. The molecule has 1 unspecified atom stereocenters. The SMILES string of the molecule is O=C(O)CC(CCCN1CCN(c2ncc(F)cn2)CC1)c1ccc(F)cc1. The van der Waals surface area contributed by atoms with Gasteiger partial charge in [0.2, 0.25) is 5.95 Å². The Hall–Kier alpha value is -2.61. The monoisotopic (exact) mass is 390 g/mol. The summed E-state index contributed by atoms with van der Waals surface area (Å²) in [7, 11) is 0. The maximum atomic E-state index is 13.1. The average Bonchev–Trinajstić information content (AvgIpc) is 2.69. The number of benzene rings is 1. The van der Waals surface area contributed by atoms with Crippen LogP contribution in [-0.4, -0.2) is 58.7 Å². The fraction of sp³-hybridized carbons (Fsp3) is 0.450. The van der Waals surface area contributed by atoms with Crippen LogP contribution >= 0.6 is 0 Å². The van der Waals surface area contributed by atoms with Gasteiger partial charge >= 0.3 is 5.97 Å². The molecule has 1 N–H and O–H groups in total. The number of carbonyl (C=O) groups is 1. The predicted octanol–water partition coefficient (Wildman–Crippen LogP) is 2.92. The first-order chi connectivity index (χ1) is 13.5. The van der Waals surface area contributed by atoms with Crippen LogP contribution in [0, 0.1) is 11.6 Å². The molecule has 2 heterocycles. The molecule has 3 rings (SSSR count). The minimum absolute atomic E-state index is 0.0430. The van der Waals surface area contributed by atoms with Crippen molar-refractivity contribution in [3.05, 3.63) is 53.9 Å². The Labute approximate surface area is 162 Å². The highest BCUT2D eigenvalue weighted by Gasteiger charge is 2.20. The molecule has 1 atom stereocenters. The first kappa shape index (κ1) is 20.1. The quantitative estimate of drug-likeness (QED) is 0.748. The molecule has 8 heteroatoms. The van der Waals surface area contributed by atoms with Crippen LogP contribution in [0.25, 0.3) is 0 Å². The topological polar surface area (TPSA) is 69.6 Å². The molecule has 1 fully saturated rings. The van der Waals surface area contributed by atoms with Crippen LogP contribution < -0.4 is 4.90 Å². The van der Waals surface area contributed by atoms with E-state index in [0.29, 0.717) is 5.95 Å². The van der Waals surface area contributed by atoms with Gasteiger partial charge < -0.3 is 10.0 Å². The summed E-state index contributed by atoms with van der Waals surface area (Å²) < 4.78 is 26.1. The first-order valence-electron chi connectivity index (χ1n) is 9.43. The van der Waals surface area contributed by atoms with Crippen molar-refractivity contribution in [2.75, 3.05) is 37.6 Å². The Kier molecular flexibility index (Phi) is 6.86. The summed E-state index contributed by atoms with van der Waals surface area (Å²) in [6, 6.07) is 6.09. The number of hydrogen-bond acceptors (Lipinski definition) is 5. The molecule has 0 saturated carbocycles. The lowest BCUT2D eigenvalue weighted by Crippen LogP contribution is -2.47. The Bertz CT molecular complexity index is 763. The summed E-state index contributed by atoms with van der Waals surface area (Å²) in [5, 5.41) is 9.18. The summed E-state index contributed by atoms with van der Waals surface area (Å²) in [6.07, 6.45) is 3.99. The van der Waals surface area contributed by atoms with E-state index in [9.17, 15) is 18.7 Å². The molecule has 28 heavy (non-hydrogen) atoms. The summed E-state index contributed by atoms with van der Waals surface area (Å²) in [4.78, 5) is 23.6. The van der Waals surface area contributed by atoms with Gasteiger partial charge in [-0.15, -0.1) is 0 Å². The van der Waals surface area contributed by atoms with E-state index in [2.05, 4.69) is 14.9 Å². The standard InChI is InChI=1S/C20H24F2N4O2/c21-17-5-3-15(4-6-17)16(12-19(27)28)2-1-7-25-8-10-26(11-9-25)20-23-13-18(22)14-24-20/h3-6,13-14,16H,1-2,7-12H2,(H,27,28). The highest BCUT2D eigenvalue weighted by atomic mass is 19.1. The zero-order valence-corrected chi connectivity index (χ0v) is 15.6. The molecule has 6 nitrogen and oxygen atoms in total. The number of halogens is 2. The van der Waals surface area contributed by atoms with Crippen LogP contribution in [0.4, 0.5) is 14.7 Å². The molecule has 0 amide bonds. The van der Waals surface area contributed by atoms with Gasteiger partial charge in [0.15, 0.2) is 5.82 Å². The van der Waals surface area contributed by atoms with Gasteiger partial charge in [-0.25, -0.2) is 18.7 Å². The van der Waals surface area contributed by atoms with Crippen molar-refractivity contribution >= 4 is 11.9 Å². The molecule has 1 aromatic carbocycles. The number of aliphatic carboxylic acids is 1. The first-order valence-corrected chi connectivity index (χ1v) is 9.43. The number of hydrogen-bond donors (Lipinski definition) is 1. The minimum atomic E-state index is -0.845. The summed E-state index contributed by atoms with van der Waals surface area (Å²) in [5.41, 5.74) is 0.863. The van der Waals surface area contributed by atoms with E-state index >= 15 is 0 Å². The Morgan fingerprint density at radius 3 is 2.29 bits per heavy atom. The normalized spacial score (nSPS) is 16.1. The second kappa shape index (κ2) is 9.54. The number of carboxylic acid groups (broad SMARTS) is 1. The van der Waals surface area contributed by atoms with Gasteiger partial charge in [-0.2, -0.15) is 0 Å². The smallest absolute Gasteiger partial charge is 0.303 e. The molecule has 1 aliphatic rings. The zero-order valence-electron chi connectivity index (χ0n) is 15.6. The largest absolute Gasteiger partial charge is 0.481 e. The Morgan fingerprint density at radius 1 is 1.04 bits per heavy atom. The molecule has 1 aromatic heterocycles. The van der Waals surface area contributed by atoms with Crippen LogP contribution in [0.3, 0.4) is 0 Å². The van der Waals surface area contributed by atoms with Gasteiger partial charge in [-0.3, -0.25) is 9.69 Å². The maximum Gasteiger partial charge on any atom is 0.303 e. The minimum Gasteiger partial charge on any atom is -0.481 e. The van der Waals surface area contributed by atoms with Gasteiger partial charge in [0.25, 0.3) is 0 Å². The van der Waals surface area contributed by atoms with Crippen LogP contribution in [0.1, 0.15) is 30.7 Å². The fourth-order valence-electron chi connectivity index (χ4n) is 3.53. The van der Waals surface area contributed by atoms with Crippen molar-refractivity contribution in [3.63, 3.8) is 0 Å². The summed E-state index contributed by atoms with van der Waals surface area (Å²) >= 11 is 0. The lowest BCUT2D eigenvalue weighted by Gasteiger charge is -2.34. The second-order valence-corrected chi connectivity index (χ2v) is 7.02. The van der Waals surface area contributed by atoms with Crippen molar-refractivity contribution in [2.24, 2.45) is 0 Å². The van der Waals surface area contributed by atoms with E-state index in [4.69, 9.17) is 0 Å². The Balaban J connectivity index is 1.46. The highest BCUT2D eigenvalue weighted by Crippen LogP contribution is 2.25. The molecular formula is C20H24F2N4O2. The van der Waals surface area contributed by atoms with E-state index < -0.39 is 11.8 Å². The van der Waals surface area contributed by atoms with E-state index in [1.54, 1.807) is 12.1 Å². The molecular weight excluding hydrogens is 366 g/mol. The van der Waals surface area contributed by atoms with E-state index in [-0.39, 0.29) is 18.2 Å². The fourth-order valence-corrected chi connectivity index (χ4v) is 3.53. The van der Waals surface area contributed by atoms with Crippen LogP contribution in [0.2, 0.25) is 0 Å². The van der Waals surface area contributed by atoms with E-state index in [1.165, 1.54) is 24.5 Å². The lowest BCUT2D eigenvalue weighted by atomic mass is 9.91. The number of carboxylic acids is 1. The van der Waals surface area contributed by atoms with E-state index in [0.717, 1.165) is 51.1 Å². The zero-order chi connectivity index (χ0) is 19.9. The number of piperazine rings is 1. The van der Waals surface area contributed by atoms with Crippen LogP contribution in [0.5, 0.6) is 0 Å². The molecule has 1 saturated heterocycles. The van der Waals surface area contributed by atoms with Gasteiger partial charge in [0, 0.05) is 26.2 Å². The van der Waals surface area contributed by atoms with E-state index in [1.807, 2.05) is 4.90 Å². The van der Waals surface area contributed by atoms with Gasteiger partial charge in [0.1, 0.15) is 5.82 Å². The van der Waals surface area contributed by atoms with Gasteiger partial charge in [-0.1, -0.05) is 12.1 Å². The lowest BCUT2D eigenvalue weighted by molar-refractivity contribution is -0.137. The van der Waals surface area contributed by atoms with Crippen molar-refractivity contribution in [1.29, 1.82) is 0 Å². The third-order valence-corrected chi connectivity index (χ3v) is 5.05. The third kappa shape index (κ3) is 5.69. The maximum absolute atomic E-state index is 13.1. The third-order valence-electron chi connectivity index (χ3n) is 5.05. The van der Waals surface area contributed by atoms with Crippen molar-refractivity contribution in [2.45, 2.75) is 25.2 Å². The molecule has 2 aromatic rings. The molecule has 0 bridgehead atoms. The number of anilines is 1. The molecule has 0 aliphatic carbocycles. The van der Waals surface area contributed by atoms with Gasteiger partial charge in [-0.05, 0) is 43.0 Å². The highest BCUT2D eigenvalue weighted by molar-refractivity contribution is 5.68. The number of aromatic nitrogens is 2. The predicted molar refractivity (Wildman–Crippen MR) is 101 cm³/mol. The van der Waals surface area contributed by atoms with Crippen molar-refractivity contribution < 1.29 is 18.7 Å². The average molecular weight is 390 g/mol. The van der Waals surface area contributed by atoms with Gasteiger partial charge in [0.05, 0.1) is 18.8 Å².